The minimum Gasteiger partial charge on any atom is -0.352 e. The zero-order chi connectivity index (χ0) is 19.1. The monoisotopic (exact) mass is 385 g/mol. The van der Waals surface area contributed by atoms with Crippen LogP contribution < -0.4 is 10.6 Å². The van der Waals surface area contributed by atoms with Crippen molar-refractivity contribution in [2.75, 3.05) is 31.5 Å². The van der Waals surface area contributed by atoms with Gasteiger partial charge in [0.25, 0.3) is 11.8 Å². The van der Waals surface area contributed by atoms with Gasteiger partial charge in [-0.05, 0) is 74.0 Å². The summed E-state index contributed by atoms with van der Waals surface area (Å²) in [5, 5.41) is 7.69. The number of nitrogens with one attached hydrogen (secondary N) is 2. The second-order valence-electron chi connectivity index (χ2n) is 7.17. The molecule has 2 aromatic rings. The summed E-state index contributed by atoms with van der Waals surface area (Å²) in [4.78, 5) is 27.5. The highest BCUT2D eigenvalue weighted by Crippen LogP contribution is 2.16. The first-order valence-corrected chi connectivity index (χ1v) is 10.5. The first kappa shape index (κ1) is 19.6. The summed E-state index contributed by atoms with van der Waals surface area (Å²) in [6, 6.07) is 10.6. The zero-order valence-corrected chi connectivity index (χ0v) is 16.6. The SMILES string of the molecule is CC1CCCN(CCCNC(=O)c2ccc(NC(=O)c3cccs3)cc2)C1. The largest absolute Gasteiger partial charge is 0.352 e. The first-order chi connectivity index (χ1) is 13.1. The molecular weight excluding hydrogens is 358 g/mol. The molecule has 1 aliphatic heterocycles. The molecule has 1 fully saturated rings. The van der Waals surface area contributed by atoms with E-state index in [2.05, 4.69) is 22.5 Å². The van der Waals surface area contributed by atoms with Gasteiger partial charge in [0, 0.05) is 24.3 Å². The molecule has 144 valence electrons. The molecule has 0 bridgehead atoms. The number of piperidine rings is 1. The van der Waals surface area contributed by atoms with Gasteiger partial charge in [0.15, 0.2) is 0 Å². The number of likely N-dealkylation sites (tertiary alicyclic amines) is 1. The van der Waals surface area contributed by atoms with Crippen LogP contribution in [0.3, 0.4) is 0 Å². The fourth-order valence-electron chi connectivity index (χ4n) is 3.40. The maximum atomic E-state index is 12.3. The van der Waals surface area contributed by atoms with Gasteiger partial charge in [-0.25, -0.2) is 0 Å². The molecule has 1 aliphatic rings. The van der Waals surface area contributed by atoms with Crippen molar-refractivity contribution in [3.8, 4) is 0 Å². The van der Waals surface area contributed by atoms with Crippen LogP contribution in [-0.4, -0.2) is 42.9 Å². The van der Waals surface area contributed by atoms with Gasteiger partial charge in [0.05, 0.1) is 4.88 Å². The van der Waals surface area contributed by atoms with Crippen LogP contribution in [0, 0.1) is 5.92 Å². The summed E-state index contributed by atoms with van der Waals surface area (Å²) in [7, 11) is 0. The molecule has 6 heteroatoms. The molecule has 2 N–H and O–H groups in total. The molecule has 0 spiro atoms. The lowest BCUT2D eigenvalue weighted by Crippen LogP contribution is -2.36. The van der Waals surface area contributed by atoms with Crippen molar-refractivity contribution < 1.29 is 9.59 Å². The van der Waals surface area contributed by atoms with Gasteiger partial charge in [0.1, 0.15) is 0 Å². The molecular formula is C21H27N3O2S. The maximum Gasteiger partial charge on any atom is 0.265 e. The molecule has 1 aromatic heterocycles. The predicted octanol–water partition coefficient (Wildman–Crippen LogP) is 3.85. The van der Waals surface area contributed by atoms with Crippen molar-refractivity contribution in [1.29, 1.82) is 0 Å². The summed E-state index contributed by atoms with van der Waals surface area (Å²) in [5.74, 6) is 0.583. The van der Waals surface area contributed by atoms with E-state index in [9.17, 15) is 9.59 Å². The number of carbonyl (C=O) groups excluding carboxylic acids is 2. The van der Waals surface area contributed by atoms with Gasteiger partial charge in [-0.3, -0.25) is 9.59 Å². The summed E-state index contributed by atoms with van der Waals surface area (Å²) in [5.41, 5.74) is 1.29. The second-order valence-corrected chi connectivity index (χ2v) is 8.11. The average molecular weight is 386 g/mol. The number of carbonyl (C=O) groups is 2. The summed E-state index contributed by atoms with van der Waals surface area (Å²) in [6.45, 7) is 6.38. The van der Waals surface area contributed by atoms with Crippen molar-refractivity contribution in [2.24, 2.45) is 5.92 Å². The lowest BCUT2D eigenvalue weighted by molar-refractivity contribution is 0.0949. The number of hydrogen-bond donors (Lipinski definition) is 2. The van der Waals surface area contributed by atoms with Gasteiger partial charge in [-0.15, -0.1) is 11.3 Å². The van der Waals surface area contributed by atoms with E-state index in [0.717, 1.165) is 18.9 Å². The minimum atomic E-state index is -0.130. The Morgan fingerprint density at radius 3 is 2.70 bits per heavy atom. The fourth-order valence-corrected chi connectivity index (χ4v) is 4.02. The lowest BCUT2D eigenvalue weighted by atomic mass is 10.0. The fraction of sp³-hybridized carbons (Fsp3) is 0.429. The molecule has 1 aromatic carbocycles. The van der Waals surface area contributed by atoms with Crippen LogP contribution in [0.5, 0.6) is 0 Å². The lowest BCUT2D eigenvalue weighted by Gasteiger charge is -2.30. The Bertz CT molecular complexity index is 743. The molecule has 5 nitrogen and oxygen atoms in total. The van der Waals surface area contributed by atoms with E-state index in [-0.39, 0.29) is 11.8 Å². The number of amides is 2. The molecule has 0 aliphatic carbocycles. The third kappa shape index (κ3) is 5.91. The number of nitrogens with zero attached hydrogens (tertiary/aromatic N) is 1. The minimum absolute atomic E-state index is 0.0712. The van der Waals surface area contributed by atoms with Gasteiger partial charge in [-0.2, -0.15) is 0 Å². The summed E-state index contributed by atoms with van der Waals surface area (Å²) >= 11 is 1.40. The van der Waals surface area contributed by atoms with Gasteiger partial charge in [-0.1, -0.05) is 13.0 Å². The van der Waals surface area contributed by atoms with E-state index in [1.165, 1.54) is 37.3 Å². The molecule has 2 heterocycles. The highest BCUT2D eigenvalue weighted by Gasteiger charge is 2.15. The summed E-state index contributed by atoms with van der Waals surface area (Å²) in [6.07, 6.45) is 3.58. The van der Waals surface area contributed by atoms with Gasteiger partial charge < -0.3 is 15.5 Å². The van der Waals surface area contributed by atoms with Crippen LogP contribution in [0.4, 0.5) is 5.69 Å². The Morgan fingerprint density at radius 1 is 1.19 bits per heavy atom. The zero-order valence-electron chi connectivity index (χ0n) is 15.7. The van der Waals surface area contributed by atoms with Crippen LogP contribution in [0.2, 0.25) is 0 Å². The topological polar surface area (TPSA) is 61.4 Å². The number of anilines is 1. The predicted molar refractivity (Wildman–Crippen MR) is 111 cm³/mol. The number of thiophene rings is 1. The highest BCUT2D eigenvalue weighted by atomic mass is 32.1. The third-order valence-electron chi connectivity index (χ3n) is 4.83. The van der Waals surface area contributed by atoms with Gasteiger partial charge >= 0.3 is 0 Å². The van der Waals surface area contributed by atoms with E-state index in [1.54, 1.807) is 30.3 Å². The summed E-state index contributed by atoms with van der Waals surface area (Å²) < 4.78 is 0. The second kappa shape index (κ2) is 9.67. The maximum absolute atomic E-state index is 12.3. The van der Waals surface area contributed by atoms with Gasteiger partial charge in [0.2, 0.25) is 0 Å². The molecule has 1 atom stereocenters. The standard InChI is InChI=1S/C21H27N3O2S/c1-16-5-2-12-24(15-16)13-4-11-22-20(25)17-7-9-18(10-8-17)23-21(26)19-6-3-14-27-19/h3,6-10,14,16H,2,4-5,11-13,15H2,1H3,(H,22,25)(H,23,26). The number of rotatable bonds is 7. The molecule has 1 saturated heterocycles. The third-order valence-corrected chi connectivity index (χ3v) is 5.70. The Hall–Kier alpha value is -2.18. The number of hydrogen-bond acceptors (Lipinski definition) is 4. The molecule has 1 unspecified atom stereocenters. The van der Waals surface area contributed by atoms with Crippen LogP contribution in [0.25, 0.3) is 0 Å². The van der Waals surface area contributed by atoms with Crippen LogP contribution in [-0.2, 0) is 0 Å². The Morgan fingerprint density at radius 2 is 2.00 bits per heavy atom. The van der Waals surface area contributed by atoms with Crippen molar-refractivity contribution in [2.45, 2.75) is 26.2 Å². The molecule has 27 heavy (non-hydrogen) atoms. The molecule has 3 rings (SSSR count). The average Bonchev–Trinajstić information content (AvgIpc) is 3.21. The van der Waals surface area contributed by atoms with Crippen molar-refractivity contribution in [3.63, 3.8) is 0 Å². The first-order valence-electron chi connectivity index (χ1n) is 9.57. The van der Waals surface area contributed by atoms with Crippen LogP contribution in [0.15, 0.2) is 41.8 Å². The highest BCUT2D eigenvalue weighted by molar-refractivity contribution is 7.12. The van der Waals surface area contributed by atoms with Crippen LogP contribution >= 0.6 is 11.3 Å². The van der Waals surface area contributed by atoms with E-state index in [0.29, 0.717) is 22.7 Å². The van der Waals surface area contributed by atoms with E-state index >= 15 is 0 Å². The molecule has 2 amide bonds. The Kier molecular flexibility index (Phi) is 7.01. The quantitative estimate of drug-likeness (QED) is 0.712. The van der Waals surface area contributed by atoms with E-state index in [1.807, 2.05) is 11.4 Å². The van der Waals surface area contributed by atoms with Crippen LogP contribution in [0.1, 0.15) is 46.2 Å². The normalized spacial score (nSPS) is 17.4. The Balaban J connectivity index is 1.40. The van der Waals surface area contributed by atoms with Crippen molar-refractivity contribution >= 4 is 28.8 Å². The Labute approximate surface area is 164 Å². The smallest absolute Gasteiger partial charge is 0.265 e. The van der Waals surface area contributed by atoms with Crippen molar-refractivity contribution in [3.05, 3.63) is 52.2 Å². The number of benzene rings is 1. The van der Waals surface area contributed by atoms with E-state index < -0.39 is 0 Å². The molecule has 0 radical (unpaired) electrons. The molecule has 0 saturated carbocycles. The van der Waals surface area contributed by atoms with Crippen molar-refractivity contribution in [1.82, 2.24) is 10.2 Å². The van der Waals surface area contributed by atoms with E-state index in [4.69, 9.17) is 0 Å².